The van der Waals surface area contributed by atoms with E-state index >= 15 is 0 Å². The van der Waals surface area contributed by atoms with Gasteiger partial charge in [-0.15, -0.1) is 0 Å². The Balaban J connectivity index is 2.09. The molecule has 1 fully saturated rings. The van der Waals surface area contributed by atoms with Gasteiger partial charge in [-0.3, -0.25) is 0 Å². The average molecular weight is 308 g/mol. The van der Waals surface area contributed by atoms with Crippen molar-refractivity contribution in [1.82, 2.24) is 0 Å². The highest BCUT2D eigenvalue weighted by molar-refractivity contribution is 7.91. The average Bonchev–Trinajstić information content (AvgIpc) is 2.92. The standard InChI is InChI=1S/C16H24N2O2S/c1-21(19,20)15-9-4-10-16(15,12-17)18-11-5-7-13-6-2-3-8-14(13)18/h2-3,6,8,15H,4-5,7,9-12,17H2,1H3. The smallest absolute Gasteiger partial charge is 0.152 e. The van der Waals surface area contributed by atoms with Crippen LogP contribution in [0.3, 0.4) is 0 Å². The van der Waals surface area contributed by atoms with Crippen molar-refractivity contribution in [2.75, 3.05) is 24.2 Å². The first-order valence-corrected chi connectivity index (χ1v) is 9.69. The number of aryl methyl sites for hydroxylation is 1. The summed E-state index contributed by atoms with van der Waals surface area (Å²) in [4.78, 5) is 2.31. The van der Waals surface area contributed by atoms with Gasteiger partial charge < -0.3 is 10.6 Å². The van der Waals surface area contributed by atoms with E-state index in [1.54, 1.807) is 0 Å². The lowest BCUT2D eigenvalue weighted by atomic mass is 9.89. The predicted octanol–water partition coefficient (Wildman–Crippen LogP) is 1.73. The summed E-state index contributed by atoms with van der Waals surface area (Å²) in [6.07, 6.45) is 6.03. The Bertz CT molecular complexity index is 629. The first-order chi connectivity index (χ1) is 9.99. The third-order valence-electron chi connectivity index (χ3n) is 5.19. The Morgan fingerprint density at radius 1 is 1.33 bits per heavy atom. The van der Waals surface area contributed by atoms with Crippen LogP contribution >= 0.6 is 0 Å². The van der Waals surface area contributed by atoms with Crippen LogP contribution in [0.2, 0.25) is 0 Å². The molecule has 116 valence electrons. The molecule has 0 amide bonds. The number of benzene rings is 1. The Morgan fingerprint density at radius 2 is 2.10 bits per heavy atom. The predicted molar refractivity (Wildman–Crippen MR) is 86.4 cm³/mol. The maximum Gasteiger partial charge on any atom is 0.152 e. The molecular formula is C16H24N2O2S. The van der Waals surface area contributed by atoms with Crippen molar-refractivity contribution in [1.29, 1.82) is 0 Å². The monoisotopic (exact) mass is 308 g/mol. The molecule has 3 rings (SSSR count). The molecule has 0 saturated heterocycles. The van der Waals surface area contributed by atoms with Crippen LogP contribution in [0.25, 0.3) is 0 Å². The number of nitrogens with two attached hydrogens (primary N) is 1. The minimum atomic E-state index is -3.10. The Morgan fingerprint density at radius 3 is 2.81 bits per heavy atom. The minimum absolute atomic E-state index is 0.346. The SMILES string of the molecule is CS(=O)(=O)C1CCCC1(CN)N1CCCc2ccccc21. The Kier molecular flexibility index (Phi) is 3.74. The number of nitrogens with zero attached hydrogens (tertiary/aromatic N) is 1. The molecule has 1 aliphatic carbocycles. The number of anilines is 1. The fourth-order valence-electron chi connectivity index (χ4n) is 4.28. The molecule has 1 heterocycles. The van der Waals surface area contributed by atoms with Gasteiger partial charge in [-0.1, -0.05) is 18.2 Å². The molecule has 2 unspecified atom stereocenters. The van der Waals surface area contributed by atoms with E-state index in [-0.39, 0.29) is 5.25 Å². The van der Waals surface area contributed by atoms with Crippen LogP contribution in [0.4, 0.5) is 5.69 Å². The van der Waals surface area contributed by atoms with Crippen molar-refractivity contribution in [3.8, 4) is 0 Å². The van der Waals surface area contributed by atoms with Crippen LogP contribution in [0, 0.1) is 0 Å². The van der Waals surface area contributed by atoms with E-state index in [1.807, 2.05) is 6.07 Å². The van der Waals surface area contributed by atoms with Gasteiger partial charge in [0.2, 0.25) is 0 Å². The molecule has 0 radical (unpaired) electrons. The van der Waals surface area contributed by atoms with Crippen molar-refractivity contribution in [2.24, 2.45) is 5.73 Å². The van der Waals surface area contributed by atoms with E-state index in [9.17, 15) is 8.42 Å². The van der Waals surface area contributed by atoms with Crippen LogP contribution in [0.15, 0.2) is 24.3 Å². The van der Waals surface area contributed by atoms with Gasteiger partial charge in [0.1, 0.15) is 0 Å². The number of hydrogen-bond acceptors (Lipinski definition) is 4. The van der Waals surface area contributed by atoms with E-state index in [0.29, 0.717) is 6.54 Å². The molecule has 0 spiro atoms. The first kappa shape index (κ1) is 14.9. The number of rotatable bonds is 3. The van der Waals surface area contributed by atoms with Crippen molar-refractivity contribution in [3.63, 3.8) is 0 Å². The van der Waals surface area contributed by atoms with Crippen molar-refractivity contribution in [2.45, 2.75) is 42.9 Å². The van der Waals surface area contributed by atoms with Gasteiger partial charge in [0, 0.05) is 25.0 Å². The zero-order valence-corrected chi connectivity index (χ0v) is 13.4. The second-order valence-corrected chi connectivity index (χ2v) is 8.63. The van der Waals surface area contributed by atoms with Crippen LogP contribution in [0.1, 0.15) is 31.2 Å². The van der Waals surface area contributed by atoms with E-state index in [0.717, 1.165) is 38.6 Å². The van der Waals surface area contributed by atoms with Gasteiger partial charge in [0.25, 0.3) is 0 Å². The summed E-state index contributed by atoms with van der Waals surface area (Å²) in [5.74, 6) is 0. The zero-order chi connectivity index (χ0) is 15.1. The summed E-state index contributed by atoms with van der Waals surface area (Å²) in [5, 5.41) is -0.346. The molecule has 2 atom stereocenters. The molecule has 4 nitrogen and oxygen atoms in total. The second-order valence-electron chi connectivity index (χ2n) is 6.40. The second kappa shape index (κ2) is 5.29. The van der Waals surface area contributed by atoms with Crippen LogP contribution < -0.4 is 10.6 Å². The largest absolute Gasteiger partial charge is 0.363 e. The number of sulfone groups is 1. The maximum atomic E-state index is 12.3. The molecule has 2 N–H and O–H groups in total. The van der Waals surface area contributed by atoms with Crippen LogP contribution in [0.5, 0.6) is 0 Å². The van der Waals surface area contributed by atoms with Crippen LogP contribution in [-0.4, -0.2) is 38.6 Å². The molecule has 2 aliphatic rings. The highest BCUT2D eigenvalue weighted by atomic mass is 32.2. The van der Waals surface area contributed by atoms with Gasteiger partial charge in [0.05, 0.1) is 10.8 Å². The van der Waals surface area contributed by atoms with E-state index in [4.69, 9.17) is 5.73 Å². The summed E-state index contributed by atoms with van der Waals surface area (Å²) in [6.45, 7) is 1.30. The number of fused-ring (bicyclic) bond motifs is 1. The number of para-hydroxylation sites is 1. The summed E-state index contributed by atoms with van der Waals surface area (Å²) in [6, 6.07) is 8.35. The topological polar surface area (TPSA) is 63.4 Å². The highest BCUT2D eigenvalue weighted by Crippen LogP contribution is 2.43. The fraction of sp³-hybridized carbons (Fsp3) is 0.625. The van der Waals surface area contributed by atoms with Crippen molar-refractivity contribution < 1.29 is 8.42 Å². The van der Waals surface area contributed by atoms with Crippen LogP contribution in [-0.2, 0) is 16.3 Å². The third kappa shape index (κ3) is 2.36. The minimum Gasteiger partial charge on any atom is -0.363 e. The van der Waals surface area contributed by atoms with E-state index in [2.05, 4.69) is 23.1 Å². The molecule has 5 heteroatoms. The van der Waals surface area contributed by atoms with E-state index < -0.39 is 15.4 Å². The summed E-state index contributed by atoms with van der Waals surface area (Å²) in [7, 11) is -3.10. The lowest BCUT2D eigenvalue weighted by molar-refractivity contribution is 0.390. The van der Waals surface area contributed by atoms with Gasteiger partial charge >= 0.3 is 0 Å². The van der Waals surface area contributed by atoms with Gasteiger partial charge in [-0.25, -0.2) is 8.42 Å². The number of hydrogen-bond donors (Lipinski definition) is 1. The quantitative estimate of drug-likeness (QED) is 0.924. The molecule has 0 aromatic heterocycles. The maximum absolute atomic E-state index is 12.3. The molecule has 1 aliphatic heterocycles. The molecule has 0 bridgehead atoms. The fourth-order valence-corrected chi connectivity index (χ4v) is 6.02. The Labute approximate surface area is 127 Å². The van der Waals surface area contributed by atoms with Crippen molar-refractivity contribution in [3.05, 3.63) is 29.8 Å². The molecule has 1 aromatic carbocycles. The van der Waals surface area contributed by atoms with E-state index in [1.165, 1.54) is 17.5 Å². The first-order valence-electron chi connectivity index (χ1n) is 7.73. The van der Waals surface area contributed by atoms with Gasteiger partial charge in [-0.2, -0.15) is 0 Å². The lowest BCUT2D eigenvalue weighted by Crippen LogP contribution is -2.62. The van der Waals surface area contributed by atoms with Gasteiger partial charge in [-0.05, 0) is 43.7 Å². The molecule has 1 saturated carbocycles. The zero-order valence-electron chi connectivity index (χ0n) is 12.6. The highest BCUT2D eigenvalue weighted by Gasteiger charge is 2.51. The lowest BCUT2D eigenvalue weighted by Gasteiger charge is -2.48. The molecule has 1 aromatic rings. The molecule has 21 heavy (non-hydrogen) atoms. The Hall–Kier alpha value is -1.07. The molecular weight excluding hydrogens is 284 g/mol. The van der Waals surface area contributed by atoms with Gasteiger partial charge in [0.15, 0.2) is 9.84 Å². The summed E-state index contributed by atoms with van der Waals surface area (Å²) in [5.41, 5.74) is 8.21. The third-order valence-corrected chi connectivity index (χ3v) is 6.90. The summed E-state index contributed by atoms with van der Waals surface area (Å²) < 4.78 is 24.6. The van der Waals surface area contributed by atoms with Crippen molar-refractivity contribution >= 4 is 15.5 Å². The normalized spacial score (nSPS) is 29.4. The summed E-state index contributed by atoms with van der Waals surface area (Å²) >= 11 is 0.